The molecule has 0 saturated carbocycles. The Kier molecular flexibility index (Phi) is 6.79. The Morgan fingerprint density at radius 1 is 0.971 bits per heavy atom. The average Bonchev–Trinajstić information content (AvgIpc) is 3.24. The van der Waals surface area contributed by atoms with E-state index in [9.17, 15) is 13.2 Å². The summed E-state index contributed by atoms with van der Waals surface area (Å²) in [6.07, 6.45) is 1.96. The van der Waals surface area contributed by atoms with Crippen LogP contribution in [0.5, 0.6) is 17.2 Å². The lowest BCUT2D eigenvalue weighted by atomic mass is 10.0. The van der Waals surface area contributed by atoms with Crippen molar-refractivity contribution in [1.29, 1.82) is 0 Å². The van der Waals surface area contributed by atoms with E-state index in [-0.39, 0.29) is 18.4 Å². The lowest BCUT2D eigenvalue weighted by Crippen LogP contribution is -2.35. The lowest BCUT2D eigenvalue weighted by Gasteiger charge is -2.13. The standard InChI is InChI=1S/C26H27NO6S/c1-31-24-10-4-17(12-25(24)32-2)13-26(28)27-16-21-15-20-14-19(7-11-23(20)33-21)18-5-8-22(9-6-18)34(3,29)30/h4-12,14,21H,13,15-16H2,1-3H3,(H,27,28). The highest BCUT2D eigenvalue weighted by Gasteiger charge is 2.24. The number of benzene rings is 3. The number of carbonyl (C=O) groups is 1. The van der Waals surface area contributed by atoms with Gasteiger partial charge < -0.3 is 19.5 Å². The molecule has 3 aromatic carbocycles. The molecular formula is C26H27NO6S. The summed E-state index contributed by atoms with van der Waals surface area (Å²) in [5.41, 5.74) is 3.81. The van der Waals surface area contributed by atoms with E-state index in [1.54, 1.807) is 50.6 Å². The molecule has 0 saturated heterocycles. The van der Waals surface area contributed by atoms with Crippen molar-refractivity contribution in [2.45, 2.75) is 23.8 Å². The normalized spacial score (nSPS) is 14.7. The molecule has 0 spiro atoms. The Morgan fingerprint density at radius 2 is 1.68 bits per heavy atom. The molecule has 1 atom stereocenters. The van der Waals surface area contributed by atoms with E-state index in [1.807, 2.05) is 18.2 Å². The van der Waals surface area contributed by atoms with E-state index in [2.05, 4.69) is 11.4 Å². The van der Waals surface area contributed by atoms with Gasteiger partial charge in [-0.2, -0.15) is 0 Å². The van der Waals surface area contributed by atoms with Crippen molar-refractivity contribution < 1.29 is 27.4 Å². The van der Waals surface area contributed by atoms with E-state index < -0.39 is 9.84 Å². The molecular weight excluding hydrogens is 454 g/mol. The molecule has 4 rings (SSSR count). The monoisotopic (exact) mass is 481 g/mol. The molecule has 8 heteroatoms. The van der Waals surface area contributed by atoms with Crippen LogP contribution in [0, 0.1) is 0 Å². The van der Waals surface area contributed by atoms with Gasteiger partial charge in [-0.1, -0.05) is 24.3 Å². The maximum Gasteiger partial charge on any atom is 0.224 e. The van der Waals surface area contributed by atoms with E-state index in [1.165, 1.54) is 6.26 Å². The zero-order chi connectivity index (χ0) is 24.3. The minimum absolute atomic E-state index is 0.0987. The van der Waals surface area contributed by atoms with Crippen LogP contribution in [0.2, 0.25) is 0 Å². The fourth-order valence-corrected chi connectivity index (χ4v) is 4.61. The second-order valence-corrected chi connectivity index (χ2v) is 10.2. The Hall–Kier alpha value is -3.52. The van der Waals surface area contributed by atoms with Crippen LogP contribution in [0.1, 0.15) is 11.1 Å². The summed E-state index contributed by atoms with van der Waals surface area (Å²) < 4.78 is 39.9. The highest BCUT2D eigenvalue weighted by atomic mass is 32.2. The van der Waals surface area contributed by atoms with Crippen molar-refractivity contribution in [3.05, 3.63) is 71.8 Å². The first kappa shape index (κ1) is 23.6. The smallest absolute Gasteiger partial charge is 0.224 e. The molecule has 1 aliphatic rings. The third-order valence-corrected chi connectivity index (χ3v) is 6.89. The summed E-state index contributed by atoms with van der Waals surface area (Å²) in [6, 6.07) is 18.2. The highest BCUT2D eigenvalue weighted by Crippen LogP contribution is 2.33. The number of carbonyl (C=O) groups excluding carboxylic acids is 1. The highest BCUT2D eigenvalue weighted by molar-refractivity contribution is 7.90. The molecule has 1 aliphatic heterocycles. The molecule has 3 aromatic rings. The number of fused-ring (bicyclic) bond motifs is 1. The van der Waals surface area contributed by atoms with Gasteiger partial charge >= 0.3 is 0 Å². The molecule has 0 bridgehead atoms. The van der Waals surface area contributed by atoms with Crippen LogP contribution in [-0.2, 0) is 27.5 Å². The summed E-state index contributed by atoms with van der Waals surface area (Å²) >= 11 is 0. The Labute approximate surface area is 199 Å². The third-order valence-electron chi connectivity index (χ3n) is 5.76. The van der Waals surface area contributed by atoms with Gasteiger partial charge in [0.05, 0.1) is 32.1 Å². The molecule has 1 unspecified atom stereocenters. The molecule has 0 aromatic heterocycles. The Balaban J connectivity index is 1.34. The van der Waals surface area contributed by atoms with E-state index in [4.69, 9.17) is 14.2 Å². The van der Waals surface area contributed by atoms with Crippen molar-refractivity contribution in [2.75, 3.05) is 27.0 Å². The number of amides is 1. The third kappa shape index (κ3) is 5.34. The lowest BCUT2D eigenvalue weighted by molar-refractivity contribution is -0.120. The molecule has 34 heavy (non-hydrogen) atoms. The van der Waals surface area contributed by atoms with Crippen molar-refractivity contribution in [3.63, 3.8) is 0 Å². The predicted molar refractivity (Wildman–Crippen MR) is 129 cm³/mol. The van der Waals surface area contributed by atoms with Crippen molar-refractivity contribution >= 4 is 15.7 Å². The largest absolute Gasteiger partial charge is 0.493 e. The number of hydrogen-bond donors (Lipinski definition) is 1. The van der Waals surface area contributed by atoms with Crippen LogP contribution < -0.4 is 19.5 Å². The minimum Gasteiger partial charge on any atom is -0.493 e. The van der Waals surface area contributed by atoms with Gasteiger partial charge in [-0.05, 0) is 58.7 Å². The zero-order valence-corrected chi connectivity index (χ0v) is 20.1. The molecule has 7 nitrogen and oxygen atoms in total. The fraction of sp³-hybridized carbons (Fsp3) is 0.269. The first-order valence-corrected chi connectivity index (χ1v) is 12.7. The van der Waals surface area contributed by atoms with Crippen molar-refractivity contribution in [1.82, 2.24) is 5.32 Å². The SMILES string of the molecule is COc1ccc(CC(=O)NCC2Cc3cc(-c4ccc(S(C)(=O)=O)cc4)ccc3O2)cc1OC. The van der Waals surface area contributed by atoms with Crippen molar-refractivity contribution in [3.8, 4) is 28.4 Å². The van der Waals surface area contributed by atoms with Gasteiger partial charge in [0.15, 0.2) is 21.3 Å². The number of methoxy groups -OCH3 is 2. The topological polar surface area (TPSA) is 90.9 Å². The number of nitrogens with one attached hydrogen (secondary N) is 1. The van der Waals surface area contributed by atoms with Gasteiger partial charge in [-0.3, -0.25) is 4.79 Å². The second-order valence-electron chi connectivity index (χ2n) is 8.23. The molecule has 0 fully saturated rings. The van der Waals surface area contributed by atoms with Crippen LogP contribution in [-0.4, -0.2) is 47.4 Å². The number of ether oxygens (including phenoxy) is 3. The van der Waals surface area contributed by atoms with E-state index >= 15 is 0 Å². The second kappa shape index (κ2) is 9.77. The molecule has 0 aliphatic carbocycles. The van der Waals surface area contributed by atoms with Crippen LogP contribution in [0.25, 0.3) is 11.1 Å². The van der Waals surface area contributed by atoms with E-state index in [0.717, 1.165) is 28.0 Å². The summed E-state index contributed by atoms with van der Waals surface area (Å²) in [6.45, 7) is 0.402. The van der Waals surface area contributed by atoms with Crippen LogP contribution in [0.4, 0.5) is 0 Å². The fourth-order valence-electron chi connectivity index (χ4n) is 3.97. The first-order valence-electron chi connectivity index (χ1n) is 10.8. The molecule has 1 amide bonds. The maximum absolute atomic E-state index is 12.5. The molecule has 178 valence electrons. The quantitative estimate of drug-likeness (QED) is 0.530. The number of rotatable bonds is 8. The average molecular weight is 482 g/mol. The summed E-state index contributed by atoms with van der Waals surface area (Å²) in [4.78, 5) is 12.7. The van der Waals surface area contributed by atoms with Gasteiger partial charge in [0.2, 0.25) is 5.91 Å². The Bertz CT molecular complexity index is 1300. The van der Waals surface area contributed by atoms with Crippen LogP contribution in [0.3, 0.4) is 0 Å². The molecule has 0 radical (unpaired) electrons. The minimum atomic E-state index is -3.23. The van der Waals surface area contributed by atoms with Gasteiger partial charge in [0.25, 0.3) is 0 Å². The number of sulfone groups is 1. The van der Waals surface area contributed by atoms with Crippen molar-refractivity contribution in [2.24, 2.45) is 0 Å². The first-order chi connectivity index (χ1) is 16.3. The van der Waals surface area contributed by atoms with Crippen LogP contribution >= 0.6 is 0 Å². The van der Waals surface area contributed by atoms with Gasteiger partial charge in [0, 0.05) is 12.7 Å². The summed E-state index contributed by atoms with van der Waals surface area (Å²) in [5, 5.41) is 2.95. The summed E-state index contributed by atoms with van der Waals surface area (Å²) in [5.74, 6) is 1.91. The maximum atomic E-state index is 12.5. The van der Waals surface area contributed by atoms with Gasteiger partial charge in [-0.15, -0.1) is 0 Å². The predicted octanol–water partition coefficient (Wildman–Crippen LogP) is 3.44. The van der Waals surface area contributed by atoms with E-state index in [0.29, 0.717) is 29.4 Å². The molecule has 1 N–H and O–H groups in total. The number of hydrogen-bond acceptors (Lipinski definition) is 6. The summed E-state index contributed by atoms with van der Waals surface area (Å²) in [7, 11) is -0.0919. The molecule has 1 heterocycles. The zero-order valence-electron chi connectivity index (χ0n) is 19.3. The van der Waals surface area contributed by atoms with Gasteiger partial charge in [-0.25, -0.2) is 8.42 Å². The Morgan fingerprint density at radius 3 is 2.35 bits per heavy atom. The van der Waals surface area contributed by atoms with Crippen LogP contribution in [0.15, 0.2) is 65.6 Å². The van der Waals surface area contributed by atoms with Gasteiger partial charge in [0.1, 0.15) is 11.9 Å².